The smallest absolute Gasteiger partial charge is 0.327 e. The Kier molecular flexibility index (Phi) is 5.42. The predicted molar refractivity (Wildman–Crippen MR) is 101 cm³/mol. The van der Waals surface area contributed by atoms with Crippen molar-refractivity contribution < 1.29 is 19.5 Å². The molecular weight excluding hydrogens is 350 g/mol. The van der Waals surface area contributed by atoms with Crippen molar-refractivity contribution >= 4 is 34.4 Å². The minimum atomic E-state index is -1.02. The number of fused-ring (bicyclic) bond motifs is 1. The zero-order chi connectivity index (χ0) is 18.7. The number of anilines is 1. The van der Waals surface area contributed by atoms with E-state index < -0.39 is 17.9 Å². The van der Waals surface area contributed by atoms with E-state index in [0.29, 0.717) is 23.4 Å². The number of aliphatic carboxylic acids is 1. The lowest BCUT2D eigenvalue weighted by Gasteiger charge is -2.25. The average Bonchev–Trinajstić information content (AvgIpc) is 3.05. The molecule has 1 aliphatic heterocycles. The third kappa shape index (κ3) is 3.65. The fourth-order valence-corrected chi connectivity index (χ4v) is 3.87. The summed E-state index contributed by atoms with van der Waals surface area (Å²) >= 11 is 1.08. The number of hydrogen-bond donors (Lipinski definition) is 1. The number of carbonyl (C=O) groups excluding carboxylic acids is 2. The summed E-state index contributed by atoms with van der Waals surface area (Å²) in [6.07, 6.45) is 0.306. The third-order valence-electron chi connectivity index (χ3n) is 4.39. The van der Waals surface area contributed by atoms with Gasteiger partial charge in [0.2, 0.25) is 11.0 Å². The Bertz CT molecular complexity index is 837. The zero-order valence-electron chi connectivity index (χ0n) is 14.3. The van der Waals surface area contributed by atoms with Crippen LogP contribution in [0.15, 0.2) is 54.6 Å². The van der Waals surface area contributed by atoms with Gasteiger partial charge >= 0.3 is 5.97 Å². The maximum Gasteiger partial charge on any atom is 0.327 e. The molecule has 0 unspecified atom stereocenters. The molecule has 1 heterocycles. The van der Waals surface area contributed by atoms with Crippen LogP contribution >= 0.6 is 11.8 Å². The molecule has 2 aromatic rings. The number of thioether (sulfide) groups is 1. The van der Waals surface area contributed by atoms with E-state index in [1.54, 1.807) is 43.3 Å². The second-order valence-corrected chi connectivity index (χ2v) is 7.25. The van der Waals surface area contributed by atoms with Crippen LogP contribution in [-0.2, 0) is 16.0 Å². The number of hydrogen-bond acceptors (Lipinski definition) is 4. The molecule has 2 atom stereocenters. The van der Waals surface area contributed by atoms with Crippen LogP contribution in [-0.4, -0.2) is 33.9 Å². The van der Waals surface area contributed by atoms with Crippen LogP contribution in [0.5, 0.6) is 0 Å². The molecule has 0 spiro atoms. The molecule has 0 aliphatic carbocycles. The Labute approximate surface area is 156 Å². The highest BCUT2D eigenvalue weighted by molar-refractivity contribution is 8.14. The number of amides is 1. The molecule has 0 bridgehead atoms. The lowest BCUT2D eigenvalue weighted by molar-refractivity contribution is -0.140. The first-order valence-electron chi connectivity index (χ1n) is 8.35. The Morgan fingerprint density at radius 3 is 2.46 bits per heavy atom. The third-order valence-corrected chi connectivity index (χ3v) is 5.56. The molecule has 0 radical (unpaired) electrons. The Hall–Kier alpha value is -2.60. The van der Waals surface area contributed by atoms with Crippen molar-refractivity contribution in [3.8, 4) is 0 Å². The number of carboxylic acids is 1. The summed E-state index contributed by atoms with van der Waals surface area (Å²) in [5, 5.41) is 9.40. The first kappa shape index (κ1) is 18.2. The number of para-hydroxylation sites is 1. The van der Waals surface area contributed by atoms with E-state index in [0.717, 1.165) is 17.3 Å². The molecule has 0 fully saturated rings. The van der Waals surface area contributed by atoms with Crippen molar-refractivity contribution in [1.82, 2.24) is 0 Å². The van der Waals surface area contributed by atoms with Crippen molar-refractivity contribution in [2.75, 3.05) is 10.7 Å². The molecule has 3 rings (SSSR count). The summed E-state index contributed by atoms with van der Waals surface area (Å²) in [6, 6.07) is 15.2. The van der Waals surface area contributed by atoms with E-state index in [9.17, 15) is 19.5 Å². The van der Waals surface area contributed by atoms with E-state index in [1.807, 2.05) is 18.2 Å². The fourth-order valence-electron chi connectivity index (χ4n) is 3.02. The van der Waals surface area contributed by atoms with Crippen LogP contribution in [0.2, 0.25) is 0 Å². The van der Waals surface area contributed by atoms with Gasteiger partial charge in [0.15, 0.2) is 0 Å². The minimum absolute atomic E-state index is 0.0955. The van der Waals surface area contributed by atoms with Gasteiger partial charge < -0.3 is 5.11 Å². The fraction of sp³-hybridized carbons (Fsp3) is 0.250. The van der Waals surface area contributed by atoms with E-state index in [1.165, 1.54) is 4.90 Å². The summed E-state index contributed by atoms with van der Waals surface area (Å²) in [4.78, 5) is 38.1. The lowest BCUT2D eigenvalue weighted by Crippen LogP contribution is -2.45. The van der Waals surface area contributed by atoms with E-state index in [4.69, 9.17) is 0 Å². The van der Waals surface area contributed by atoms with Crippen molar-refractivity contribution in [2.24, 2.45) is 5.92 Å². The summed E-state index contributed by atoms with van der Waals surface area (Å²) in [5.74, 6) is -1.46. The van der Waals surface area contributed by atoms with Crippen LogP contribution < -0.4 is 4.90 Å². The molecule has 6 heteroatoms. The highest BCUT2D eigenvalue weighted by Crippen LogP contribution is 2.33. The largest absolute Gasteiger partial charge is 0.480 e. The Balaban J connectivity index is 1.71. The second-order valence-electron chi connectivity index (χ2n) is 6.26. The van der Waals surface area contributed by atoms with Crippen molar-refractivity contribution in [3.63, 3.8) is 0 Å². The second kappa shape index (κ2) is 7.74. The highest BCUT2D eigenvalue weighted by atomic mass is 32.2. The van der Waals surface area contributed by atoms with Gasteiger partial charge in [-0.3, -0.25) is 14.5 Å². The zero-order valence-corrected chi connectivity index (χ0v) is 15.1. The molecule has 0 saturated heterocycles. The summed E-state index contributed by atoms with van der Waals surface area (Å²) in [5.41, 5.74) is 2.09. The Morgan fingerprint density at radius 2 is 1.77 bits per heavy atom. The van der Waals surface area contributed by atoms with Gasteiger partial charge in [-0.25, -0.2) is 4.79 Å². The lowest BCUT2D eigenvalue weighted by atomic mass is 10.1. The summed E-state index contributed by atoms with van der Waals surface area (Å²) in [7, 11) is 0. The van der Waals surface area contributed by atoms with Crippen LogP contribution in [0, 0.1) is 5.92 Å². The van der Waals surface area contributed by atoms with E-state index >= 15 is 0 Å². The normalized spacial score (nSPS) is 16.8. The van der Waals surface area contributed by atoms with Gasteiger partial charge in [-0.05, 0) is 11.6 Å². The van der Waals surface area contributed by atoms with Crippen LogP contribution in [0.1, 0.15) is 22.8 Å². The van der Waals surface area contributed by atoms with Crippen molar-refractivity contribution in [2.45, 2.75) is 19.4 Å². The number of carboxylic acid groups (broad SMARTS) is 1. The molecule has 0 saturated carbocycles. The maximum atomic E-state index is 12.9. The Morgan fingerprint density at radius 1 is 1.12 bits per heavy atom. The molecule has 26 heavy (non-hydrogen) atoms. The predicted octanol–water partition coefficient (Wildman–Crippen LogP) is 3.24. The number of benzene rings is 2. The first-order valence-corrected chi connectivity index (χ1v) is 9.33. The average molecular weight is 369 g/mol. The summed E-state index contributed by atoms with van der Waals surface area (Å²) < 4.78 is 0. The van der Waals surface area contributed by atoms with Crippen molar-refractivity contribution in [1.29, 1.82) is 0 Å². The molecule has 2 aromatic carbocycles. The molecular formula is C20H19NO4S. The van der Waals surface area contributed by atoms with Crippen LogP contribution in [0.4, 0.5) is 5.69 Å². The van der Waals surface area contributed by atoms with E-state index in [2.05, 4.69) is 0 Å². The molecule has 134 valence electrons. The quantitative estimate of drug-likeness (QED) is 0.876. The van der Waals surface area contributed by atoms with Gasteiger partial charge in [0.25, 0.3) is 0 Å². The van der Waals surface area contributed by atoms with E-state index in [-0.39, 0.29) is 11.0 Å². The van der Waals surface area contributed by atoms with Crippen LogP contribution in [0.3, 0.4) is 0 Å². The minimum Gasteiger partial charge on any atom is -0.480 e. The number of carbonyl (C=O) groups is 3. The SMILES string of the molecule is C[C@@H](CSC(=O)c1ccccc1)C(=O)N1c2ccccc2C[C@@H]1C(=O)O. The summed E-state index contributed by atoms with van der Waals surface area (Å²) in [6.45, 7) is 1.73. The molecule has 1 amide bonds. The number of nitrogens with zero attached hydrogens (tertiary/aromatic N) is 1. The van der Waals surface area contributed by atoms with Gasteiger partial charge in [0.1, 0.15) is 6.04 Å². The first-order chi connectivity index (χ1) is 12.5. The van der Waals surface area contributed by atoms with Gasteiger partial charge in [0.05, 0.1) is 0 Å². The molecule has 1 aliphatic rings. The van der Waals surface area contributed by atoms with Crippen molar-refractivity contribution in [3.05, 3.63) is 65.7 Å². The van der Waals surface area contributed by atoms with Gasteiger partial charge in [-0.2, -0.15) is 0 Å². The maximum absolute atomic E-state index is 12.9. The van der Waals surface area contributed by atoms with Gasteiger partial charge in [0, 0.05) is 29.3 Å². The molecule has 0 aromatic heterocycles. The van der Waals surface area contributed by atoms with Gasteiger partial charge in [-0.1, -0.05) is 67.2 Å². The molecule has 5 nitrogen and oxygen atoms in total. The topological polar surface area (TPSA) is 74.7 Å². The monoisotopic (exact) mass is 369 g/mol. The van der Waals surface area contributed by atoms with Gasteiger partial charge in [-0.15, -0.1) is 0 Å². The number of rotatable bonds is 5. The van der Waals surface area contributed by atoms with Crippen LogP contribution in [0.25, 0.3) is 0 Å². The highest BCUT2D eigenvalue weighted by Gasteiger charge is 2.39. The standard InChI is InChI=1S/C20H19NO4S/c1-13(12-26-20(25)14-7-3-2-4-8-14)18(22)21-16-10-6-5-9-15(16)11-17(21)19(23)24/h2-10,13,17H,11-12H2,1H3,(H,23,24)/t13-,17+/m0/s1. The molecule has 1 N–H and O–H groups in total.